The molecule has 0 unspecified atom stereocenters. The monoisotopic (exact) mass is 425 g/mol. The number of rotatable bonds is 5. The van der Waals surface area contributed by atoms with E-state index in [9.17, 15) is 9.59 Å². The number of aryl methyl sites for hydroxylation is 2. The summed E-state index contributed by atoms with van der Waals surface area (Å²) < 4.78 is 0. The molecule has 1 amide bonds. The van der Waals surface area contributed by atoms with Gasteiger partial charge in [0.2, 0.25) is 5.91 Å². The van der Waals surface area contributed by atoms with E-state index in [4.69, 9.17) is 4.98 Å². The molecule has 2 aromatic heterocycles. The van der Waals surface area contributed by atoms with Crippen molar-refractivity contribution in [1.29, 1.82) is 0 Å². The number of aromatic amines is 1. The minimum absolute atomic E-state index is 0.00486. The van der Waals surface area contributed by atoms with Gasteiger partial charge in [-0.15, -0.1) is 11.3 Å². The van der Waals surface area contributed by atoms with Gasteiger partial charge in [0.1, 0.15) is 10.7 Å². The number of nitrogens with one attached hydrogen (secondary N) is 1. The van der Waals surface area contributed by atoms with Crippen molar-refractivity contribution in [3.8, 4) is 0 Å². The first-order valence-electron chi connectivity index (χ1n) is 10.2. The van der Waals surface area contributed by atoms with Gasteiger partial charge in [-0.1, -0.05) is 18.2 Å². The van der Waals surface area contributed by atoms with Crippen molar-refractivity contribution in [2.45, 2.75) is 44.3 Å². The molecule has 1 N–H and O–H groups in total. The molecular weight excluding hydrogens is 402 g/mol. The van der Waals surface area contributed by atoms with Crippen molar-refractivity contribution in [2.75, 3.05) is 17.2 Å². The molecule has 3 aromatic rings. The van der Waals surface area contributed by atoms with Crippen molar-refractivity contribution in [2.24, 2.45) is 0 Å². The van der Waals surface area contributed by atoms with Gasteiger partial charge in [-0.2, -0.15) is 11.8 Å². The minimum atomic E-state index is -0.00486. The van der Waals surface area contributed by atoms with Crippen LogP contribution < -0.4 is 10.5 Å². The average Bonchev–Trinajstić information content (AvgIpc) is 3.32. The molecule has 1 aliphatic heterocycles. The number of H-pyrrole nitrogens is 1. The maximum absolute atomic E-state index is 12.6. The summed E-state index contributed by atoms with van der Waals surface area (Å²) in [5, 5.41) is 0.807. The summed E-state index contributed by atoms with van der Waals surface area (Å²) in [6.07, 6.45) is 5.86. The standard InChI is InChI=1S/C22H23N3O2S2/c26-19(25-11-9-14-5-1-3-7-16(14)25)10-12-28-13-18-23-21(27)20-15-6-2-4-8-17(15)29-22(20)24-18/h1,3,5,7H,2,4,6,8-13H2,(H,23,24,27). The van der Waals surface area contributed by atoms with E-state index in [0.717, 1.165) is 53.9 Å². The first-order valence-corrected chi connectivity index (χ1v) is 12.2. The van der Waals surface area contributed by atoms with E-state index < -0.39 is 0 Å². The van der Waals surface area contributed by atoms with Crippen molar-refractivity contribution in [1.82, 2.24) is 9.97 Å². The van der Waals surface area contributed by atoms with Gasteiger partial charge in [0, 0.05) is 29.3 Å². The lowest BCUT2D eigenvalue weighted by molar-refractivity contribution is -0.118. The number of aromatic nitrogens is 2. The topological polar surface area (TPSA) is 66.1 Å². The Bertz CT molecular complexity index is 1130. The molecule has 0 saturated heterocycles. The van der Waals surface area contributed by atoms with E-state index in [2.05, 4.69) is 11.1 Å². The van der Waals surface area contributed by atoms with Crippen LogP contribution >= 0.6 is 23.1 Å². The number of carbonyl (C=O) groups is 1. The number of para-hydroxylation sites is 1. The zero-order valence-electron chi connectivity index (χ0n) is 16.2. The largest absolute Gasteiger partial charge is 0.312 e. The van der Waals surface area contributed by atoms with Crippen LogP contribution in [0.15, 0.2) is 29.1 Å². The molecule has 0 spiro atoms. The number of hydrogen-bond donors (Lipinski definition) is 1. The van der Waals surface area contributed by atoms with E-state index in [1.807, 2.05) is 23.1 Å². The molecule has 1 aliphatic carbocycles. The summed E-state index contributed by atoms with van der Waals surface area (Å²) in [5.41, 5.74) is 3.53. The summed E-state index contributed by atoms with van der Waals surface area (Å²) in [7, 11) is 0. The molecule has 0 bridgehead atoms. The molecule has 150 valence electrons. The van der Waals surface area contributed by atoms with E-state index in [-0.39, 0.29) is 11.5 Å². The van der Waals surface area contributed by atoms with Crippen molar-refractivity contribution >= 4 is 44.9 Å². The van der Waals surface area contributed by atoms with Crippen LogP contribution in [0.25, 0.3) is 10.2 Å². The summed E-state index contributed by atoms with van der Waals surface area (Å²) in [4.78, 5) is 37.0. The highest BCUT2D eigenvalue weighted by Gasteiger charge is 2.23. The predicted molar refractivity (Wildman–Crippen MR) is 120 cm³/mol. The third-order valence-corrected chi connectivity index (χ3v) is 7.92. The summed E-state index contributed by atoms with van der Waals surface area (Å²) in [6, 6.07) is 8.13. The molecule has 5 rings (SSSR count). The number of amides is 1. The minimum Gasteiger partial charge on any atom is -0.312 e. The van der Waals surface area contributed by atoms with E-state index in [1.54, 1.807) is 23.1 Å². The van der Waals surface area contributed by atoms with Crippen molar-refractivity contribution in [3.63, 3.8) is 0 Å². The number of benzene rings is 1. The third-order valence-electron chi connectivity index (χ3n) is 5.76. The lowest BCUT2D eigenvalue weighted by Gasteiger charge is -2.17. The van der Waals surface area contributed by atoms with Gasteiger partial charge in [-0.05, 0) is 49.3 Å². The molecule has 3 heterocycles. The highest BCUT2D eigenvalue weighted by atomic mass is 32.2. The van der Waals surface area contributed by atoms with E-state index in [0.29, 0.717) is 18.0 Å². The second-order valence-electron chi connectivity index (χ2n) is 7.63. The quantitative estimate of drug-likeness (QED) is 0.626. The summed E-state index contributed by atoms with van der Waals surface area (Å²) in [6.45, 7) is 0.775. The van der Waals surface area contributed by atoms with Crippen molar-refractivity contribution in [3.05, 3.63) is 56.4 Å². The molecule has 2 aliphatic rings. The first-order chi connectivity index (χ1) is 14.2. The summed E-state index contributed by atoms with van der Waals surface area (Å²) >= 11 is 3.33. The smallest absolute Gasteiger partial charge is 0.259 e. The Labute approximate surface area is 177 Å². The number of thiophene rings is 1. The van der Waals surface area contributed by atoms with Gasteiger partial charge in [-0.3, -0.25) is 9.59 Å². The fourth-order valence-corrected chi connectivity index (χ4v) is 6.41. The Balaban J connectivity index is 1.21. The van der Waals surface area contributed by atoms with Crippen LogP contribution in [-0.4, -0.2) is 28.2 Å². The zero-order valence-corrected chi connectivity index (χ0v) is 17.8. The second-order valence-corrected chi connectivity index (χ2v) is 9.82. The van der Waals surface area contributed by atoms with E-state index >= 15 is 0 Å². The highest BCUT2D eigenvalue weighted by molar-refractivity contribution is 7.98. The van der Waals surface area contributed by atoms with Crippen LogP contribution in [0.1, 0.15) is 41.1 Å². The van der Waals surface area contributed by atoms with Crippen molar-refractivity contribution < 1.29 is 4.79 Å². The Morgan fingerprint density at radius 3 is 3.00 bits per heavy atom. The summed E-state index contributed by atoms with van der Waals surface area (Å²) in [5.74, 6) is 2.23. The lowest BCUT2D eigenvalue weighted by Crippen LogP contribution is -2.29. The van der Waals surface area contributed by atoms with Crippen LogP contribution in [0.2, 0.25) is 0 Å². The molecule has 0 radical (unpaired) electrons. The first kappa shape index (κ1) is 18.9. The fourth-order valence-electron chi connectivity index (χ4n) is 4.34. The molecular formula is C22H23N3O2S2. The van der Waals surface area contributed by atoms with Crippen LogP contribution in [0, 0.1) is 0 Å². The Hall–Kier alpha value is -2.12. The van der Waals surface area contributed by atoms with Crippen LogP contribution in [0.5, 0.6) is 0 Å². The van der Waals surface area contributed by atoms with Gasteiger partial charge in [0.05, 0.1) is 11.1 Å². The van der Waals surface area contributed by atoms with Gasteiger partial charge < -0.3 is 9.88 Å². The Kier molecular flexibility index (Phi) is 5.18. The number of fused-ring (bicyclic) bond motifs is 4. The van der Waals surface area contributed by atoms with Crippen LogP contribution in [-0.2, 0) is 29.8 Å². The number of hydrogen-bond acceptors (Lipinski definition) is 5. The zero-order chi connectivity index (χ0) is 19.8. The molecule has 0 fully saturated rings. The van der Waals surface area contributed by atoms with Crippen LogP contribution in [0.4, 0.5) is 5.69 Å². The molecule has 1 aromatic carbocycles. The average molecular weight is 426 g/mol. The SMILES string of the molecule is O=C(CCSCc1nc2sc3c(c2c(=O)[nH]1)CCCC3)N1CCc2ccccc21. The van der Waals surface area contributed by atoms with Crippen LogP contribution in [0.3, 0.4) is 0 Å². The van der Waals surface area contributed by atoms with Gasteiger partial charge in [0.25, 0.3) is 5.56 Å². The van der Waals surface area contributed by atoms with Gasteiger partial charge in [-0.25, -0.2) is 4.98 Å². The fraction of sp³-hybridized carbons (Fsp3) is 0.409. The van der Waals surface area contributed by atoms with Gasteiger partial charge in [0.15, 0.2) is 0 Å². The number of carbonyl (C=O) groups excluding carboxylic acids is 1. The maximum Gasteiger partial charge on any atom is 0.259 e. The maximum atomic E-state index is 12.6. The number of anilines is 1. The molecule has 0 atom stereocenters. The normalized spacial score (nSPS) is 15.5. The lowest BCUT2D eigenvalue weighted by atomic mass is 9.97. The molecule has 0 saturated carbocycles. The number of nitrogens with zero attached hydrogens (tertiary/aromatic N) is 2. The molecule has 29 heavy (non-hydrogen) atoms. The van der Waals surface area contributed by atoms with Gasteiger partial charge >= 0.3 is 0 Å². The Morgan fingerprint density at radius 1 is 1.21 bits per heavy atom. The van der Waals surface area contributed by atoms with E-state index in [1.165, 1.54) is 22.4 Å². The third kappa shape index (κ3) is 3.62. The Morgan fingerprint density at radius 2 is 2.07 bits per heavy atom. The number of thioether (sulfide) groups is 1. The predicted octanol–water partition coefficient (Wildman–Crippen LogP) is 4.08. The molecule has 5 nitrogen and oxygen atoms in total. The molecule has 7 heteroatoms. The highest BCUT2D eigenvalue weighted by Crippen LogP contribution is 2.33. The second kappa shape index (κ2) is 7.95.